The second kappa shape index (κ2) is 18.0. The van der Waals surface area contributed by atoms with Gasteiger partial charge in [-0.15, -0.1) is 0 Å². The van der Waals surface area contributed by atoms with Crippen molar-refractivity contribution < 1.29 is 14.7 Å². The fraction of sp³-hybridized carbons (Fsp3) is 0.800. The lowest BCUT2D eigenvalue weighted by Gasteiger charge is -2.02. The van der Waals surface area contributed by atoms with E-state index in [1.54, 1.807) is 0 Å². The van der Waals surface area contributed by atoms with Crippen molar-refractivity contribution in [2.75, 3.05) is 6.54 Å². The van der Waals surface area contributed by atoms with Gasteiger partial charge in [-0.05, 0) is 44.9 Å². The molecule has 0 aliphatic rings. The molecule has 0 fully saturated rings. The van der Waals surface area contributed by atoms with E-state index >= 15 is 0 Å². The van der Waals surface area contributed by atoms with Gasteiger partial charge in [-0.1, -0.05) is 51.2 Å². The number of allylic oxidation sites excluding steroid dienone is 2. The Labute approximate surface area is 148 Å². The van der Waals surface area contributed by atoms with Gasteiger partial charge in [0.25, 0.3) is 0 Å². The van der Waals surface area contributed by atoms with Crippen LogP contribution in [-0.2, 0) is 9.59 Å². The topological polar surface area (TPSA) is 66.4 Å². The molecule has 0 unspecified atom stereocenters. The zero-order valence-electron chi connectivity index (χ0n) is 15.5. The summed E-state index contributed by atoms with van der Waals surface area (Å²) < 4.78 is 0. The Morgan fingerprint density at radius 3 is 1.88 bits per heavy atom. The molecule has 0 atom stereocenters. The molecule has 0 aromatic carbocycles. The summed E-state index contributed by atoms with van der Waals surface area (Å²) in [6.45, 7) is 2.86. The molecule has 4 heteroatoms. The molecule has 24 heavy (non-hydrogen) atoms. The summed E-state index contributed by atoms with van der Waals surface area (Å²) in [6, 6.07) is 0. The first-order chi connectivity index (χ1) is 11.7. The van der Waals surface area contributed by atoms with E-state index in [2.05, 4.69) is 24.4 Å². The summed E-state index contributed by atoms with van der Waals surface area (Å²) in [5.41, 5.74) is 0. The zero-order chi connectivity index (χ0) is 17.9. The van der Waals surface area contributed by atoms with Gasteiger partial charge in [0.2, 0.25) is 5.91 Å². The highest BCUT2D eigenvalue weighted by Crippen LogP contribution is 2.10. The minimum atomic E-state index is -0.679. The van der Waals surface area contributed by atoms with Gasteiger partial charge in [-0.2, -0.15) is 0 Å². The predicted molar refractivity (Wildman–Crippen MR) is 100 cm³/mol. The zero-order valence-corrected chi connectivity index (χ0v) is 15.5. The van der Waals surface area contributed by atoms with Crippen molar-refractivity contribution in [3.63, 3.8) is 0 Å². The van der Waals surface area contributed by atoms with Crippen molar-refractivity contribution in [2.24, 2.45) is 0 Å². The van der Waals surface area contributed by atoms with Crippen LogP contribution >= 0.6 is 0 Å². The molecule has 0 radical (unpaired) electrons. The van der Waals surface area contributed by atoms with E-state index < -0.39 is 5.97 Å². The third-order valence-electron chi connectivity index (χ3n) is 4.02. The molecule has 0 aromatic heterocycles. The van der Waals surface area contributed by atoms with Crippen molar-refractivity contribution in [3.8, 4) is 0 Å². The van der Waals surface area contributed by atoms with Crippen molar-refractivity contribution in [1.29, 1.82) is 0 Å². The van der Waals surface area contributed by atoms with Gasteiger partial charge < -0.3 is 10.4 Å². The number of rotatable bonds is 17. The molecule has 0 aliphatic carbocycles. The van der Waals surface area contributed by atoms with Gasteiger partial charge in [-0.25, -0.2) is 0 Å². The second-order valence-electron chi connectivity index (χ2n) is 6.47. The standard InChI is InChI=1S/C20H37NO3/c1-2-18-21-19(22)16-14-12-10-8-6-4-3-5-7-9-11-13-15-17-20(23)24/h6,8H,2-5,7,9-18H2,1H3,(H,21,22)(H,23,24). The fourth-order valence-electron chi connectivity index (χ4n) is 2.56. The van der Waals surface area contributed by atoms with E-state index in [1.807, 2.05) is 0 Å². The van der Waals surface area contributed by atoms with Crippen LogP contribution < -0.4 is 5.32 Å². The van der Waals surface area contributed by atoms with Crippen LogP contribution in [0.1, 0.15) is 96.8 Å². The van der Waals surface area contributed by atoms with Crippen molar-refractivity contribution >= 4 is 11.9 Å². The number of hydrogen-bond donors (Lipinski definition) is 2. The molecular formula is C20H37NO3. The van der Waals surface area contributed by atoms with Gasteiger partial charge in [-0.3, -0.25) is 9.59 Å². The number of carboxylic acids is 1. The maximum absolute atomic E-state index is 11.4. The first-order valence-electron chi connectivity index (χ1n) is 9.80. The highest BCUT2D eigenvalue weighted by molar-refractivity contribution is 5.75. The summed E-state index contributed by atoms with van der Waals surface area (Å²) in [4.78, 5) is 21.8. The first-order valence-corrected chi connectivity index (χ1v) is 9.80. The summed E-state index contributed by atoms with van der Waals surface area (Å²) in [5, 5.41) is 11.4. The molecule has 0 rings (SSSR count). The minimum absolute atomic E-state index is 0.184. The Hall–Kier alpha value is -1.32. The molecule has 0 bridgehead atoms. The molecule has 0 saturated carbocycles. The molecule has 2 N–H and O–H groups in total. The number of nitrogens with one attached hydrogen (secondary N) is 1. The molecule has 4 nitrogen and oxygen atoms in total. The molecular weight excluding hydrogens is 302 g/mol. The van der Waals surface area contributed by atoms with E-state index in [4.69, 9.17) is 5.11 Å². The first kappa shape index (κ1) is 22.7. The lowest BCUT2D eigenvalue weighted by molar-refractivity contribution is -0.137. The third kappa shape index (κ3) is 18.7. The number of carbonyl (C=O) groups excluding carboxylic acids is 1. The highest BCUT2D eigenvalue weighted by Gasteiger charge is 1.98. The number of aliphatic carboxylic acids is 1. The van der Waals surface area contributed by atoms with E-state index in [1.165, 1.54) is 25.7 Å². The van der Waals surface area contributed by atoms with Gasteiger partial charge in [0.05, 0.1) is 0 Å². The monoisotopic (exact) mass is 339 g/mol. The molecule has 0 heterocycles. The number of hydrogen-bond acceptors (Lipinski definition) is 2. The van der Waals surface area contributed by atoms with Crippen LogP contribution in [-0.4, -0.2) is 23.5 Å². The molecule has 0 aliphatic heterocycles. The molecule has 0 spiro atoms. The smallest absolute Gasteiger partial charge is 0.303 e. The quantitative estimate of drug-likeness (QED) is 0.282. The van der Waals surface area contributed by atoms with Gasteiger partial charge in [0.1, 0.15) is 0 Å². The number of carbonyl (C=O) groups is 2. The van der Waals surface area contributed by atoms with E-state index in [-0.39, 0.29) is 5.91 Å². The lowest BCUT2D eigenvalue weighted by Crippen LogP contribution is -2.23. The Bertz CT molecular complexity index is 340. The summed E-state index contributed by atoms with van der Waals surface area (Å²) in [6.07, 6.45) is 18.8. The number of carboxylic acid groups (broad SMARTS) is 1. The maximum Gasteiger partial charge on any atom is 0.303 e. The third-order valence-corrected chi connectivity index (χ3v) is 4.02. The SMILES string of the molecule is CCCNC(=O)CCCCC=CCCCCCCCCCC(=O)O. The Morgan fingerprint density at radius 2 is 1.29 bits per heavy atom. The minimum Gasteiger partial charge on any atom is -0.481 e. The van der Waals surface area contributed by atoms with Crippen molar-refractivity contribution in [2.45, 2.75) is 96.8 Å². The van der Waals surface area contributed by atoms with Gasteiger partial charge in [0, 0.05) is 19.4 Å². The van der Waals surface area contributed by atoms with Crippen LogP contribution in [0.4, 0.5) is 0 Å². The van der Waals surface area contributed by atoms with E-state index in [0.717, 1.165) is 57.9 Å². The molecule has 0 aromatic rings. The molecule has 1 amide bonds. The Morgan fingerprint density at radius 1 is 0.792 bits per heavy atom. The summed E-state index contributed by atoms with van der Waals surface area (Å²) in [7, 11) is 0. The normalized spacial score (nSPS) is 11.0. The van der Waals surface area contributed by atoms with Gasteiger partial charge >= 0.3 is 5.97 Å². The van der Waals surface area contributed by atoms with Crippen LogP contribution in [0, 0.1) is 0 Å². The average molecular weight is 340 g/mol. The van der Waals surface area contributed by atoms with Crippen LogP contribution in [0.15, 0.2) is 12.2 Å². The number of unbranched alkanes of at least 4 members (excludes halogenated alkanes) is 9. The summed E-state index contributed by atoms with van der Waals surface area (Å²) in [5.74, 6) is -0.495. The lowest BCUT2D eigenvalue weighted by atomic mass is 10.1. The molecule has 0 saturated heterocycles. The van der Waals surface area contributed by atoms with Crippen molar-refractivity contribution in [1.82, 2.24) is 5.32 Å². The number of amides is 1. The van der Waals surface area contributed by atoms with Crippen molar-refractivity contribution in [3.05, 3.63) is 12.2 Å². The van der Waals surface area contributed by atoms with E-state index in [0.29, 0.717) is 12.8 Å². The average Bonchev–Trinajstić information content (AvgIpc) is 2.56. The Kier molecular flexibility index (Phi) is 17.0. The predicted octanol–water partition coefficient (Wildman–Crippen LogP) is 5.22. The highest BCUT2D eigenvalue weighted by atomic mass is 16.4. The Balaban J connectivity index is 3.19. The fourth-order valence-corrected chi connectivity index (χ4v) is 2.56. The van der Waals surface area contributed by atoms with Crippen LogP contribution in [0.5, 0.6) is 0 Å². The van der Waals surface area contributed by atoms with Crippen LogP contribution in [0.3, 0.4) is 0 Å². The van der Waals surface area contributed by atoms with Crippen LogP contribution in [0.2, 0.25) is 0 Å². The second-order valence-corrected chi connectivity index (χ2v) is 6.47. The maximum atomic E-state index is 11.4. The van der Waals surface area contributed by atoms with Gasteiger partial charge in [0.15, 0.2) is 0 Å². The molecule has 140 valence electrons. The van der Waals surface area contributed by atoms with E-state index in [9.17, 15) is 9.59 Å². The summed E-state index contributed by atoms with van der Waals surface area (Å²) >= 11 is 0. The van der Waals surface area contributed by atoms with Crippen LogP contribution in [0.25, 0.3) is 0 Å². The largest absolute Gasteiger partial charge is 0.481 e.